The number of hydrogen-bond donors (Lipinski definition) is 1. The zero-order chi connectivity index (χ0) is 12.4. The van der Waals surface area contributed by atoms with Crippen LogP contribution in [-0.2, 0) is 0 Å². The number of carbonyl (C=O) groups is 1. The number of aromatic nitrogens is 2. The highest BCUT2D eigenvalue weighted by Gasteiger charge is 2.28. The Labute approximate surface area is 100 Å². The van der Waals surface area contributed by atoms with Crippen LogP contribution < -0.4 is 5.73 Å². The van der Waals surface area contributed by atoms with Crippen LogP contribution in [-0.4, -0.2) is 34.2 Å². The lowest BCUT2D eigenvalue weighted by atomic mass is 9.86. The maximum atomic E-state index is 12.0. The van der Waals surface area contributed by atoms with Gasteiger partial charge in [-0.1, -0.05) is 13.8 Å². The quantitative estimate of drug-likeness (QED) is 0.835. The van der Waals surface area contributed by atoms with E-state index in [9.17, 15) is 4.79 Å². The lowest BCUT2D eigenvalue weighted by molar-refractivity contribution is 0.0657. The predicted molar refractivity (Wildman–Crippen MR) is 62.2 cm³/mol. The van der Waals surface area contributed by atoms with Crippen molar-refractivity contribution in [2.24, 2.45) is 11.8 Å². The Bertz CT molecular complexity index is 394. The van der Waals surface area contributed by atoms with E-state index in [2.05, 4.69) is 28.8 Å². The van der Waals surface area contributed by atoms with Gasteiger partial charge in [0, 0.05) is 13.1 Å². The molecule has 2 N–H and O–H groups in total. The van der Waals surface area contributed by atoms with E-state index in [1.54, 1.807) is 4.90 Å². The number of nitrogen functional groups attached to an aromatic ring is 1. The molecule has 6 heteroatoms. The average Bonchev–Trinajstić information content (AvgIpc) is 2.74. The molecule has 0 bridgehead atoms. The van der Waals surface area contributed by atoms with Gasteiger partial charge in [-0.05, 0) is 35.0 Å². The van der Waals surface area contributed by atoms with Crippen LogP contribution in [0, 0.1) is 11.8 Å². The molecule has 0 aromatic carbocycles. The first-order chi connectivity index (χ1) is 8.09. The zero-order valence-corrected chi connectivity index (χ0v) is 10.2. The number of nitrogens with zero attached hydrogens (tertiary/aromatic N) is 3. The third-order valence-electron chi connectivity index (χ3n) is 3.49. The Balaban J connectivity index is 1.98. The molecule has 2 rings (SSSR count). The summed E-state index contributed by atoms with van der Waals surface area (Å²) in [5, 5.41) is 6.96. The second-order valence-corrected chi connectivity index (χ2v) is 4.87. The van der Waals surface area contributed by atoms with Crippen molar-refractivity contribution < 1.29 is 9.42 Å². The van der Waals surface area contributed by atoms with Crippen LogP contribution in [0.5, 0.6) is 0 Å². The van der Waals surface area contributed by atoms with Gasteiger partial charge in [0.1, 0.15) is 0 Å². The summed E-state index contributed by atoms with van der Waals surface area (Å²) in [7, 11) is 0. The van der Waals surface area contributed by atoms with E-state index in [0.717, 1.165) is 25.9 Å². The first-order valence-electron chi connectivity index (χ1n) is 5.97. The van der Waals surface area contributed by atoms with Gasteiger partial charge in [-0.25, -0.2) is 4.63 Å². The van der Waals surface area contributed by atoms with Gasteiger partial charge in [-0.3, -0.25) is 4.79 Å². The molecule has 0 radical (unpaired) electrons. The Kier molecular flexibility index (Phi) is 3.31. The molecule has 17 heavy (non-hydrogen) atoms. The lowest BCUT2D eigenvalue weighted by Crippen LogP contribution is -2.39. The summed E-state index contributed by atoms with van der Waals surface area (Å²) >= 11 is 0. The standard InChI is InChI=1S/C11H18N4O2/c1-7(2)8-3-5-15(6-4-8)11(16)9-10(12)14-17-13-9/h7-8H,3-6H2,1-2H3,(H2,12,14). The molecule has 0 unspecified atom stereocenters. The van der Waals surface area contributed by atoms with Gasteiger partial charge in [-0.2, -0.15) is 0 Å². The van der Waals surface area contributed by atoms with Gasteiger partial charge < -0.3 is 10.6 Å². The summed E-state index contributed by atoms with van der Waals surface area (Å²) < 4.78 is 4.44. The molecule has 0 spiro atoms. The zero-order valence-electron chi connectivity index (χ0n) is 10.2. The molecular weight excluding hydrogens is 220 g/mol. The normalized spacial score (nSPS) is 17.7. The summed E-state index contributed by atoms with van der Waals surface area (Å²) in [5.41, 5.74) is 5.64. The number of hydrogen-bond acceptors (Lipinski definition) is 5. The van der Waals surface area contributed by atoms with Gasteiger partial charge in [0.05, 0.1) is 0 Å². The maximum absolute atomic E-state index is 12.0. The number of nitrogens with two attached hydrogens (primary N) is 1. The molecule has 1 aromatic rings. The Morgan fingerprint density at radius 2 is 2.06 bits per heavy atom. The van der Waals surface area contributed by atoms with E-state index < -0.39 is 0 Å². The minimum absolute atomic E-state index is 0.0704. The summed E-state index contributed by atoms with van der Waals surface area (Å²) in [6.45, 7) is 5.96. The number of carbonyl (C=O) groups excluding carboxylic acids is 1. The molecule has 0 atom stereocenters. The molecule has 0 saturated carbocycles. The Morgan fingerprint density at radius 3 is 2.53 bits per heavy atom. The SMILES string of the molecule is CC(C)C1CCN(C(=O)c2nonc2N)CC1. The van der Waals surface area contributed by atoms with Crippen molar-refractivity contribution in [3.63, 3.8) is 0 Å². The Hall–Kier alpha value is -1.59. The van der Waals surface area contributed by atoms with Crippen LogP contribution in [0.4, 0.5) is 5.82 Å². The van der Waals surface area contributed by atoms with Crippen LogP contribution in [0.3, 0.4) is 0 Å². The highest BCUT2D eigenvalue weighted by atomic mass is 16.6. The van der Waals surface area contributed by atoms with Gasteiger partial charge in [0.2, 0.25) is 11.5 Å². The molecule has 0 aliphatic carbocycles. The van der Waals surface area contributed by atoms with Crippen LogP contribution in [0.1, 0.15) is 37.2 Å². The van der Waals surface area contributed by atoms with Crippen molar-refractivity contribution in [2.75, 3.05) is 18.8 Å². The lowest BCUT2D eigenvalue weighted by Gasteiger charge is -2.33. The monoisotopic (exact) mass is 238 g/mol. The first kappa shape index (κ1) is 11.9. The number of piperidine rings is 1. The molecule has 1 saturated heterocycles. The Morgan fingerprint density at radius 1 is 1.41 bits per heavy atom. The van der Waals surface area contributed by atoms with Gasteiger partial charge in [-0.15, -0.1) is 0 Å². The second-order valence-electron chi connectivity index (χ2n) is 4.87. The molecule has 1 aromatic heterocycles. The molecule has 2 heterocycles. The second kappa shape index (κ2) is 4.73. The predicted octanol–water partition coefficient (Wildman–Crippen LogP) is 1.16. The van der Waals surface area contributed by atoms with Gasteiger partial charge in [0.15, 0.2) is 0 Å². The summed E-state index contributed by atoms with van der Waals surface area (Å²) in [5.74, 6) is 1.27. The maximum Gasteiger partial charge on any atom is 0.280 e. The van der Waals surface area contributed by atoms with E-state index in [4.69, 9.17) is 5.73 Å². The van der Waals surface area contributed by atoms with Crippen molar-refractivity contribution >= 4 is 11.7 Å². The topological polar surface area (TPSA) is 85.2 Å². The van der Waals surface area contributed by atoms with E-state index in [-0.39, 0.29) is 17.4 Å². The van der Waals surface area contributed by atoms with Crippen molar-refractivity contribution in [3.8, 4) is 0 Å². The fraction of sp³-hybridized carbons (Fsp3) is 0.727. The number of anilines is 1. The summed E-state index contributed by atoms with van der Waals surface area (Å²) in [6.07, 6.45) is 2.07. The molecule has 94 valence electrons. The van der Waals surface area contributed by atoms with Crippen LogP contribution in [0.2, 0.25) is 0 Å². The molecule has 1 aliphatic rings. The highest BCUT2D eigenvalue weighted by Crippen LogP contribution is 2.25. The van der Waals surface area contributed by atoms with E-state index >= 15 is 0 Å². The van der Waals surface area contributed by atoms with Crippen molar-refractivity contribution in [1.29, 1.82) is 0 Å². The smallest absolute Gasteiger partial charge is 0.280 e. The van der Waals surface area contributed by atoms with E-state index in [1.807, 2.05) is 0 Å². The van der Waals surface area contributed by atoms with E-state index in [1.165, 1.54) is 0 Å². The third-order valence-corrected chi connectivity index (χ3v) is 3.49. The van der Waals surface area contributed by atoms with Gasteiger partial charge in [0.25, 0.3) is 5.91 Å². The van der Waals surface area contributed by atoms with Gasteiger partial charge >= 0.3 is 0 Å². The van der Waals surface area contributed by atoms with Crippen LogP contribution >= 0.6 is 0 Å². The van der Waals surface area contributed by atoms with E-state index in [0.29, 0.717) is 11.8 Å². The molecule has 1 aliphatic heterocycles. The molecule has 6 nitrogen and oxygen atoms in total. The van der Waals surface area contributed by atoms with Crippen molar-refractivity contribution in [3.05, 3.63) is 5.69 Å². The summed E-state index contributed by atoms with van der Waals surface area (Å²) in [4.78, 5) is 13.8. The molecular formula is C11H18N4O2. The van der Waals surface area contributed by atoms with Crippen molar-refractivity contribution in [1.82, 2.24) is 15.2 Å². The third kappa shape index (κ3) is 2.40. The number of likely N-dealkylation sites (tertiary alicyclic amines) is 1. The number of rotatable bonds is 2. The number of amides is 1. The largest absolute Gasteiger partial charge is 0.379 e. The minimum atomic E-state index is -0.175. The molecule has 1 fully saturated rings. The minimum Gasteiger partial charge on any atom is -0.379 e. The average molecular weight is 238 g/mol. The highest BCUT2D eigenvalue weighted by molar-refractivity contribution is 5.96. The molecule has 1 amide bonds. The van der Waals surface area contributed by atoms with Crippen LogP contribution in [0.15, 0.2) is 4.63 Å². The summed E-state index contributed by atoms with van der Waals surface area (Å²) in [6, 6.07) is 0. The first-order valence-corrected chi connectivity index (χ1v) is 5.97. The van der Waals surface area contributed by atoms with Crippen LogP contribution in [0.25, 0.3) is 0 Å². The fourth-order valence-corrected chi connectivity index (χ4v) is 2.26. The van der Waals surface area contributed by atoms with Crippen molar-refractivity contribution in [2.45, 2.75) is 26.7 Å². The fourth-order valence-electron chi connectivity index (χ4n) is 2.26.